The van der Waals surface area contributed by atoms with Crippen molar-refractivity contribution in [3.63, 3.8) is 0 Å². The highest BCUT2D eigenvalue weighted by Crippen LogP contribution is 2.38. The lowest BCUT2D eigenvalue weighted by Crippen LogP contribution is -2.27. The van der Waals surface area contributed by atoms with Gasteiger partial charge < -0.3 is 9.47 Å². The van der Waals surface area contributed by atoms with Gasteiger partial charge in [0.15, 0.2) is 11.6 Å². The molecule has 0 spiro atoms. The molecule has 29 heavy (non-hydrogen) atoms. The summed E-state index contributed by atoms with van der Waals surface area (Å²) in [5.41, 5.74) is 0.00406. The van der Waals surface area contributed by atoms with E-state index in [1.807, 2.05) is 13.0 Å². The average Bonchev–Trinajstić information content (AvgIpc) is 2.62. The van der Waals surface area contributed by atoms with Gasteiger partial charge in [-0.15, -0.1) is 13.2 Å². The highest BCUT2D eigenvalue weighted by atomic mass is 19.4. The maximum atomic E-state index is 14.1. The molecule has 0 bridgehead atoms. The summed E-state index contributed by atoms with van der Waals surface area (Å²) in [5, 5.41) is 0. The van der Waals surface area contributed by atoms with Crippen LogP contribution in [0.1, 0.15) is 57.4 Å². The molecule has 0 saturated heterocycles. The van der Waals surface area contributed by atoms with Crippen LogP contribution in [-0.2, 0) is 11.3 Å². The molecule has 0 aromatic heterocycles. The summed E-state index contributed by atoms with van der Waals surface area (Å²) in [7, 11) is 0. The Balaban J connectivity index is 1.79. The molecule has 0 aliphatic heterocycles. The minimum Gasteiger partial charge on any atom is -0.403 e. The molecule has 1 aliphatic rings. The van der Waals surface area contributed by atoms with Crippen molar-refractivity contribution in [2.45, 2.75) is 70.9 Å². The monoisotopic (exact) mass is 424 g/mol. The minimum absolute atomic E-state index is 0.00406. The largest absolute Gasteiger partial charge is 0.573 e. The van der Waals surface area contributed by atoms with Gasteiger partial charge in [-0.1, -0.05) is 31.1 Å². The van der Waals surface area contributed by atoms with Gasteiger partial charge in [-0.3, -0.25) is 0 Å². The lowest BCUT2D eigenvalue weighted by molar-refractivity contribution is -0.275. The maximum Gasteiger partial charge on any atom is 0.573 e. The van der Waals surface area contributed by atoms with E-state index in [0.717, 1.165) is 50.7 Å². The number of hydrogen-bond donors (Lipinski definition) is 0. The number of halogens is 6. The fourth-order valence-electron chi connectivity index (χ4n) is 3.65. The van der Waals surface area contributed by atoms with E-state index in [0.29, 0.717) is 12.0 Å². The second-order valence-corrected chi connectivity index (χ2v) is 7.48. The van der Waals surface area contributed by atoms with Gasteiger partial charge in [0.2, 0.25) is 0 Å². The van der Waals surface area contributed by atoms with Crippen LogP contribution in [0, 0.1) is 17.7 Å². The Morgan fingerprint density at radius 1 is 1.03 bits per heavy atom. The van der Waals surface area contributed by atoms with Crippen molar-refractivity contribution in [3.8, 4) is 5.75 Å². The van der Waals surface area contributed by atoms with Gasteiger partial charge in [0.1, 0.15) is 0 Å². The quantitative estimate of drug-likeness (QED) is 0.304. The first kappa shape index (κ1) is 23.6. The van der Waals surface area contributed by atoms with E-state index in [2.05, 4.69) is 15.5 Å². The highest BCUT2D eigenvalue weighted by molar-refractivity contribution is 5.29. The van der Waals surface area contributed by atoms with Gasteiger partial charge in [-0.2, -0.15) is 8.78 Å². The molecule has 0 unspecified atom stereocenters. The minimum atomic E-state index is -5.03. The first-order valence-electron chi connectivity index (χ1n) is 9.75. The van der Waals surface area contributed by atoms with Gasteiger partial charge in [0.25, 0.3) is 0 Å². The third-order valence-corrected chi connectivity index (χ3v) is 5.14. The van der Waals surface area contributed by atoms with Crippen LogP contribution in [0.5, 0.6) is 5.75 Å². The second kappa shape index (κ2) is 10.4. The molecule has 0 heterocycles. The van der Waals surface area contributed by atoms with E-state index >= 15 is 0 Å². The van der Waals surface area contributed by atoms with Crippen LogP contribution >= 0.6 is 0 Å². The molecule has 1 fully saturated rings. The summed E-state index contributed by atoms with van der Waals surface area (Å²) in [6, 6.07) is 2.51. The van der Waals surface area contributed by atoms with Crippen LogP contribution in [-0.4, -0.2) is 12.5 Å². The van der Waals surface area contributed by atoms with E-state index in [4.69, 9.17) is 0 Å². The Hall–Kier alpha value is -1.70. The predicted octanol–water partition coefficient (Wildman–Crippen LogP) is 7.39. The Morgan fingerprint density at radius 3 is 2.28 bits per heavy atom. The van der Waals surface area contributed by atoms with Crippen molar-refractivity contribution in [1.29, 1.82) is 0 Å². The molecular weight excluding hydrogens is 398 g/mol. The van der Waals surface area contributed by atoms with Crippen molar-refractivity contribution < 1.29 is 35.8 Å². The van der Waals surface area contributed by atoms with Crippen LogP contribution in [0.25, 0.3) is 0 Å². The fourth-order valence-corrected chi connectivity index (χ4v) is 3.65. The first-order valence-corrected chi connectivity index (χ1v) is 9.75. The lowest BCUT2D eigenvalue weighted by atomic mass is 9.78. The fraction of sp³-hybridized carbons (Fsp3) is 0.619. The Kier molecular flexibility index (Phi) is 8.43. The topological polar surface area (TPSA) is 18.5 Å². The zero-order valence-electron chi connectivity index (χ0n) is 16.3. The molecule has 2 rings (SSSR count). The number of ether oxygens (including phenoxy) is 2. The van der Waals surface area contributed by atoms with Crippen LogP contribution in [0.15, 0.2) is 30.4 Å². The summed E-state index contributed by atoms with van der Waals surface area (Å²) >= 11 is 0. The van der Waals surface area contributed by atoms with Crippen LogP contribution in [0.4, 0.5) is 26.3 Å². The third kappa shape index (κ3) is 8.68. The van der Waals surface area contributed by atoms with E-state index in [9.17, 15) is 26.3 Å². The first-order chi connectivity index (χ1) is 13.6. The summed E-state index contributed by atoms with van der Waals surface area (Å²) in [6.45, 7) is 1.37. The summed E-state index contributed by atoms with van der Waals surface area (Å²) in [6.07, 6.45) is 0.663. The Morgan fingerprint density at radius 2 is 1.69 bits per heavy atom. The molecule has 1 saturated carbocycles. The zero-order chi connectivity index (χ0) is 21.5. The zero-order valence-corrected chi connectivity index (χ0v) is 16.3. The molecule has 0 N–H and O–H groups in total. The molecule has 0 radical (unpaired) electrons. The molecule has 2 nitrogen and oxygen atoms in total. The van der Waals surface area contributed by atoms with Gasteiger partial charge in [-0.05, 0) is 62.1 Å². The van der Waals surface area contributed by atoms with Crippen LogP contribution in [0.2, 0.25) is 0 Å². The van der Waals surface area contributed by atoms with E-state index in [-0.39, 0.29) is 11.5 Å². The van der Waals surface area contributed by atoms with Crippen LogP contribution < -0.4 is 4.74 Å². The molecule has 0 amide bonds. The van der Waals surface area contributed by atoms with Crippen molar-refractivity contribution in [3.05, 3.63) is 41.7 Å². The Bertz CT molecular complexity index is 664. The summed E-state index contributed by atoms with van der Waals surface area (Å²) in [4.78, 5) is 0. The van der Waals surface area contributed by atoms with Crippen molar-refractivity contribution >= 4 is 0 Å². The second-order valence-electron chi connectivity index (χ2n) is 7.48. The number of alkyl halides is 5. The molecule has 1 aliphatic carbocycles. The van der Waals surface area contributed by atoms with E-state index < -0.39 is 37.1 Å². The molecular formula is C21H26F6O2. The van der Waals surface area contributed by atoms with Gasteiger partial charge in [0.05, 0.1) is 6.61 Å². The molecule has 164 valence electrons. The summed E-state index contributed by atoms with van der Waals surface area (Å²) < 4.78 is 86.5. The molecule has 8 heteroatoms. The van der Waals surface area contributed by atoms with Crippen molar-refractivity contribution in [2.75, 3.05) is 0 Å². The molecule has 1 aromatic rings. The number of benzene rings is 1. The van der Waals surface area contributed by atoms with Gasteiger partial charge in [-0.25, -0.2) is 4.39 Å². The number of hydrogen-bond acceptors (Lipinski definition) is 2. The highest BCUT2D eigenvalue weighted by Gasteiger charge is 2.36. The van der Waals surface area contributed by atoms with Gasteiger partial charge in [0, 0.05) is 6.42 Å². The third-order valence-electron chi connectivity index (χ3n) is 5.14. The van der Waals surface area contributed by atoms with E-state index in [1.54, 1.807) is 0 Å². The summed E-state index contributed by atoms with van der Waals surface area (Å²) in [5.74, 6) is -1.87. The predicted molar refractivity (Wildman–Crippen MR) is 96.9 cm³/mol. The Labute approximate surface area is 166 Å². The SMILES string of the molecule is CC=CCC[C@H]1CC[C@H](CC(F)(F)OCc2ccc(OC(F)(F)F)c(F)c2)CC1. The smallest absolute Gasteiger partial charge is 0.403 e. The van der Waals surface area contributed by atoms with Crippen molar-refractivity contribution in [1.82, 2.24) is 0 Å². The van der Waals surface area contributed by atoms with Crippen LogP contribution in [0.3, 0.4) is 0 Å². The number of rotatable bonds is 9. The van der Waals surface area contributed by atoms with Gasteiger partial charge >= 0.3 is 12.5 Å². The molecule has 1 aromatic carbocycles. The maximum absolute atomic E-state index is 14.1. The average molecular weight is 424 g/mol. The van der Waals surface area contributed by atoms with E-state index in [1.165, 1.54) is 0 Å². The number of allylic oxidation sites excluding steroid dienone is 2. The standard InChI is InChI=1S/C21H26F6O2/c1-2-3-4-5-15-6-8-16(9-7-15)13-20(23,24)28-14-17-10-11-19(18(22)12-17)29-21(25,26)27/h2-3,10-12,15-16H,4-9,13-14H2,1H3/t15-,16-. The van der Waals surface area contributed by atoms with Crippen molar-refractivity contribution in [2.24, 2.45) is 11.8 Å². The lowest BCUT2D eigenvalue weighted by Gasteiger charge is -2.30. The normalized spacial score (nSPS) is 20.9. The molecule has 0 atom stereocenters.